The van der Waals surface area contributed by atoms with E-state index < -0.39 is 24.4 Å². The predicted octanol–water partition coefficient (Wildman–Crippen LogP) is 5.43. The molecule has 0 radical (unpaired) electrons. The quantitative estimate of drug-likeness (QED) is 0.359. The number of aromatic hydroxyl groups is 1. The molecule has 3 rings (SSSR count). The summed E-state index contributed by atoms with van der Waals surface area (Å²) >= 11 is 0. The van der Waals surface area contributed by atoms with Gasteiger partial charge in [-0.05, 0) is 62.7 Å². The predicted molar refractivity (Wildman–Crippen MR) is 124 cm³/mol. The minimum absolute atomic E-state index is 0.0112. The van der Waals surface area contributed by atoms with Crippen LogP contribution in [0.1, 0.15) is 36.7 Å². The number of esters is 1. The number of carbonyl (C=O) groups is 1. The number of carbonyl (C=O) groups excluding carboxylic acids is 1. The number of phenolic OH excluding ortho intramolecular Hbond substituents is 1. The third-order valence-corrected chi connectivity index (χ3v) is 4.27. The van der Waals surface area contributed by atoms with Gasteiger partial charge in [-0.15, -0.1) is 0 Å². The summed E-state index contributed by atoms with van der Waals surface area (Å²) in [5, 5.41) is 15.3. The van der Waals surface area contributed by atoms with Crippen LogP contribution in [0.4, 0.5) is 30.6 Å². The summed E-state index contributed by atoms with van der Waals surface area (Å²) in [4.78, 5) is 20.5. The Labute approximate surface area is 200 Å². The zero-order valence-corrected chi connectivity index (χ0v) is 19.3. The van der Waals surface area contributed by atoms with Gasteiger partial charge in [-0.25, -0.2) is 4.79 Å². The van der Waals surface area contributed by atoms with Crippen molar-refractivity contribution in [2.45, 2.75) is 39.1 Å². The number of rotatable bonds is 8. The number of hydrogen-bond donors (Lipinski definition) is 3. The Morgan fingerprint density at radius 3 is 2.26 bits per heavy atom. The average molecular weight is 490 g/mol. The Balaban J connectivity index is 1.76. The zero-order valence-electron chi connectivity index (χ0n) is 19.3. The molecule has 0 saturated heterocycles. The number of phenols is 1. The van der Waals surface area contributed by atoms with Gasteiger partial charge in [0.15, 0.2) is 6.61 Å². The summed E-state index contributed by atoms with van der Waals surface area (Å²) in [5.41, 5.74) is 1.01. The number of halogens is 3. The molecule has 1 heterocycles. The van der Waals surface area contributed by atoms with E-state index in [9.17, 15) is 23.1 Å². The fourth-order valence-electron chi connectivity index (χ4n) is 2.76. The molecule has 186 valence electrons. The van der Waals surface area contributed by atoms with E-state index in [-0.39, 0.29) is 23.4 Å². The van der Waals surface area contributed by atoms with Crippen LogP contribution in [0, 0.1) is 0 Å². The van der Waals surface area contributed by atoms with Crippen LogP contribution in [0.3, 0.4) is 0 Å². The molecule has 8 nitrogen and oxygen atoms in total. The smallest absolute Gasteiger partial charge is 0.422 e. The van der Waals surface area contributed by atoms with Crippen LogP contribution in [0.2, 0.25) is 0 Å². The Morgan fingerprint density at radius 1 is 1.00 bits per heavy atom. The number of hydrogen-bond acceptors (Lipinski definition) is 8. The van der Waals surface area contributed by atoms with Crippen molar-refractivity contribution in [3.63, 3.8) is 0 Å². The number of nitrogens with one attached hydrogen (secondary N) is 2. The second kappa shape index (κ2) is 10.5. The molecule has 0 saturated carbocycles. The van der Waals surface area contributed by atoms with Gasteiger partial charge >= 0.3 is 12.1 Å². The molecule has 3 aromatic rings. The molecule has 3 N–H and O–H groups in total. The zero-order chi connectivity index (χ0) is 25.6. The largest absolute Gasteiger partial charge is 0.508 e. The minimum Gasteiger partial charge on any atom is -0.508 e. The molecule has 0 aliphatic heterocycles. The van der Waals surface area contributed by atoms with Gasteiger partial charge in [0.2, 0.25) is 11.8 Å². The summed E-state index contributed by atoms with van der Waals surface area (Å²) in [5.74, 6) is -0.439. The summed E-state index contributed by atoms with van der Waals surface area (Å²) in [6, 6.07) is 13.9. The standard InChI is InChI=1S/C24H25F3N4O4/c1-23(2,3)35-21(33)16-6-8-17(9-7-16)29-22-30-19(12-20(31-22)34-14-24(25,26)27)28-13-15-4-10-18(32)11-5-15/h4-12,32H,13-14H2,1-3H3,(H2,28,29,30,31). The molecule has 0 atom stereocenters. The van der Waals surface area contributed by atoms with Gasteiger partial charge in [-0.1, -0.05) is 12.1 Å². The average Bonchev–Trinajstić information content (AvgIpc) is 2.76. The Morgan fingerprint density at radius 2 is 1.66 bits per heavy atom. The van der Waals surface area contributed by atoms with E-state index in [1.807, 2.05) is 0 Å². The van der Waals surface area contributed by atoms with Crippen LogP contribution >= 0.6 is 0 Å². The molecule has 1 aromatic heterocycles. The van der Waals surface area contributed by atoms with Crippen molar-refractivity contribution in [1.82, 2.24) is 9.97 Å². The molecule has 0 aliphatic carbocycles. The Kier molecular flexibility index (Phi) is 7.68. The van der Waals surface area contributed by atoms with Gasteiger partial charge in [0.25, 0.3) is 0 Å². The number of ether oxygens (including phenoxy) is 2. The molecule has 35 heavy (non-hydrogen) atoms. The second-order valence-corrected chi connectivity index (χ2v) is 8.54. The van der Waals surface area contributed by atoms with E-state index in [0.29, 0.717) is 17.8 Å². The summed E-state index contributed by atoms with van der Waals surface area (Å²) in [7, 11) is 0. The van der Waals surface area contributed by atoms with Gasteiger partial charge in [0, 0.05) is 18.3 Å². The van der Waals surface area contributed by atoms with Crippen molar-refractivity contribution in [2.75, 3.05) is 17.2 Å². The van der Waals surface area contributed by atoms with Gasteiger partial charge in [0.1, 0.15) is 17.2 Å². The molecule has 0 bridgehead atoms. The Hall–Kier alpha value is -4.02. The van der Waals surface area contributed by atoms with Crippen LogP contribution < -0.4 is 15.4 Å². The summed E-state index contributed by atoms with van der Waals surface area (Å²) in [6.07, 6.45) is -4.53. The highest BCUT2D eigenvalue weighted by Crippen LogP contribution is 2.23. The van der Waals surface area contributed by atoms with E-state index in [1.54, 1.807) is 57.2 Å². The molecule has 0 spiro atoms. The van der Waals surface area contributed by atoms with Crippen LogP contribution in [-0.2, 0) is 11.3 Å². The lowest BCUT2D eigenvalue weighted by Gasteiger charge is -2.19. The SMILES string of the molecule is CC(C)(C)OC(=O)c1ccc(Nc2nc(NCc3ccc(O)cc3)cc(OCC(F)(F)F)n2)cc1. The normalized spacial score (nSPS) is 11.6. The monoisotopic (exact) mass is 490 g/mol. The van der Waals surface area contributed by atoms with E-state index >= 15 is 0 Å². The molecular formula is C24H25F3N4O4. The third kappa shape index (κ3) is 8.69. The van der Waals surface area contributed by atoms with E-state index in [0.717, 1.165) is 5.56 Å². The number of anilines is 3. The number of aromatic nitrogens is 2. The van der Waals surface area contributed by atoms with Crippen LogP contribution in [0.25, 0.3) is 0 Å². The minimum atomic E-state index is -4.53. The molecule has 0 fully saturated rings. The topological polar surface area (TPSA) is 106 Å². The van der Waals surface area contributed by atoms with Gasteiger partial charge in [0.05, 0.1) is 5.56 Å². The van der Waals surface area contributed by atoms with Crippen LogP contribution in [-0.4, -0.2) is 39.4 Å². The lowest BCUT2D eigenvalue weighted by Crippen LogP contribution is -2.23. The van der Waals surface area contributed by atoms with Crippen LogP contribution in [0.15, 0.2) is 54.6 Å². The van der Waals surface area contributed by atoms with E-state index in [4.69, 9.17) is 9.47 Å². The van der Waals surface area contributed by atoms with Gasteiger partial charge in [-0.3, -0.25) is 0 Å². The van der Waals surface area contributed by atoms with Gasteiger partial charge in [-0.2, -0.15) is 23.1 Å². The maximum Gasteiger partial charge on any atom is 0.422 e. The maximum atomic E-state index is 12.6. The molecule has 11 heteroatoms. The molecule has 2 aromatic carbocycles. The second-order valence-electron chi connectivity index (χ2n) is 8.54. The summed E-state index contributed by atoms with van der Waals surface area (Å²) < 4.78 is 48.0. The molecule has 0 aliphatic rings. The van der Waals surface area contributed by atoms with Crippen molar-refractivity contribution >= 4 is 23.4 Å². The fourth-order valence-corrected chi connectivity index (χ4v) is 2.76. The first-order chi connectivity index (χ1) is 16.4. The number of benzene rings is 2. The molecule has 0 amide bonds. The Bertz CT molecular complexity index is 1150. The van der Waals surface area contributed by atoms with Gasteiger partial charge < -0.3 is 25.2 Å². The van der Waals surface area contributed by atoms with Crippen LogP contribution in [0.5, 0.6) is 11.6 Å². The van der Waals surface area contributed by atoms with Crippen molar-refractivity contribution in [2.24, 2.45) is 0 Å². The first-order valence-corrected chi connectivity index (χ1v) is 10.6. The first kappa shape index (κ1) is 25.6. The third-order valence-electron chi connectivity index (χ3n) is 4.27. The van der Waals surface area contributed by atoms with Crippen molar-refractivity contribution < 1.29 is 32.5 Å². The fraction of sp³-hybridized carbons (Fsp3) is 0.292. The maximum absolute atomic E-state index is 12.6. The highest BCUT2D eigenvalue weighted by atomic mass is 19.4. The van der Waals surface area contributed by atoms with Crippen molar-refractivity contribution in [3.05, 3.63) is 65.7 Å². The highest BCUT2D eigenvalue weighted by Gasteiger charge is 2.29. The molecule has 0 unspecified atom stereocenters. The first-order valence-electron chi connectivity index (χ1n) is 10.6. The van der Waals surface area contributed by atoms with Crippen molar-refractivity contribution in [1.29, 1.82) is 0 Å². The highest BCUT2D eigenvalue weighted by molar-refractivity contribution is 5.90. The van der Waals surface area contributed by atoms with Crippen molar-refractivity contribution in [3.8, 4) is 11.6 Å². The van der Waals surface area contributed by atoms with E-state index in [2.05, 4.69) is 20.6 Å². The molecular weight excluding hydrogens is 465 g/mol. The lowest BCUT2D eigenvalue weighted by molar-refractivity contribution is -0.154. The lowest BCUT2D eigenvalue weighted by atomic mass is 10.1. The summed E-state index contributed by atoms with van der Waals surface area (Å²) in [6.45, 7) is 4.07. The van der Waals surface area contributed by atoms with E-state index in [1.165, 1.54) is 18.2 Å². The number of alkyl halides is 3. The number of nitrogens with zero attached hydrogens (tertiary/aromatic N) is 2.